The minimum atomic E-state index is 0.0856. The van der Waals surface area contributed by atoms with Crippen molar-refractivity contribution in [1.82, 2.24) is 15.5 Å². The molecule has 1 amide bonds. The third-order valence-corrected chi connectivity index (χ3v) is 5.58. The van der Waals surface area contributed by atoms with Crippen LogP contribution in [0.5, 0.6) is 0 Å². The fourth-order valence-corrected chi connectivity index (χ4v) is 4.19. The molecule has 2 saturated heterocycles. The zero-order valence-corrected chi connectivity index (χ0v) is 12.2. The van der Waals surface area contributed by atoms with Gasteiger partial charge in [0.25, 0.3) is 0 Å². The van der Waals surface area contributed by atoms with Crippen molar-refractivity contribution >= 4 is 5.91 Å². The highest BCUT2D eigenvalue weighted by Crippen LogP contribution is 2.37. The van der Waals surface area contributed by atoms with E-state index < -0.39 is 0 Å². The number of amides is 1. The first kappa shape index (κ1) is 13.4. The Morgan fingerprint density at radius 3 is 2.95 bits per heavy atom. The molecule has 4 nitrogen and oxygen atoms in total. The second-order valence-corrected chi connectivity index (χ2v) is 6.80. The standard InChI is InChI=1S/C15H27N3O/c1-10-8-12(6-7-18(10)2)17-15(19)14-13-5-3-4-11(13)9-16-14/h10-14,16H,3-9H2,1-2H3,(H,17,19). The van der Waals surface area contributed by atoms with Crippen LogP contribution in [0.25, 0.3) is 0 Å². The molecule has 108 valence electrons. The molecule has 2 N–H and O–H groups in total. The summed E-state index contributed by atoms with van der Waals surface area (Å²) in [6.45, 7) is 4.39. The van der Waals surface area contributed by atoms with Crippen LogP contribution < -0.4 is 10.6 Å². The lowest BCUT2D eigenvalue weighted by Crippen LogP contribution is -2.52. The van der Waals surface area contributed by atoms with Crippen molar-refractivity contribution in [3.63, 3.8) is 0 Å². The van der Waals surface area contributed by atoms with Gasteiger partial charge in [0.1, 0.15) is 0 Å². The van der Waals surface area contributed by atoms with Gasteiger partial charge in [0, 0.05) is 18.6 Å². The van der Waals surface area contributed by atoms with E-state index in [1.165, 1.54) is 19.3 Å². The minimum absolute atomic E-state index is 0.0856. The molecule has 2 heterocycles. The van der Waals surface area contributed by atoms with Crippen molar-refractivity contribution in [2.75, 3.05) is 20.1 Å². The molecule has 1 saturated carbocycles. The molecule has 4 heteroatoms. The van der Waals surface area contributed by atoms with Crippen LogP contribution in [0.15, 0.2) is 0 Å². The van der Waals surface area contributed by atoms with E-state index in [0.29, 0.717) is 18.0 Å². The van der Waals surface area contributed by atoms with Gasteiger partial charge in [0.2, 0.25) is 5.91 Å². The topological polar surface area (TPSA) is 44.4 Å². The van der Waals surface area contributed by atoms with Crippen LogP contribution in [0, 0.1) is 11.8 Å². The average molecular weight is 265 g/mol. The summed E-state index contributed by atoms with van der Waals surface area (Å²) in [7, 11) is 2.17. The van der Waals surface area contributed by atoms with E-state index in [2.05, 4.69) is 29.5 Å². The van der Waals surface area contributed by atoms with E-state index >= 15 is 0 Å². The Morgan fingerprint density at radius 2 is 2.16 bits per heavy atom. The maximum absolute atomic E-state index is 12.5. The molecule has 5 unspecified atom stereocenters. The van der Waals surface area contributed by atoms with Crippen LogP contribution in [-0.2, 0) is 4.79 Å². The third-order valence-electron chi connectivity index (χ3n) is 5.58. The molecule has 0 aromatic rings. The van der Waals surface area contributed by atoms with E-state index in [1.54, 1.807) is 0 Å². The van der Waals surface area contributed by atoms with E-state index in [4.69, 9.17) is 0 Å². The van der Waals surface area contributed by atoms with Crippen LogP contribution >= 0.6 is 0 Å². The summed E-state index contributed by atoms with van der Waals surface area (Å²) in [5.41, 5.74) is 0. The maximum Gasteiger partial charge on any atom is 0.237 e. The fourth-order valence-electron chi connectivity index (χ4n) is 4.19. The molecule has 0 aromatic heterocycles. The summed E-state index contributed by atoms with van der Waals surface area (Å²) in [5.74, 6) is 1.62. The van der Waals surface area contributed by atoms with Gasteiger partial charge in [0.15, 0.2) is 0 Å². The van der Waals surface area contributed by atoms with Gasteiger partial charge in [-0.05, 0) is 58.0 Å². The number of nitrogens with one attached hydrogen (secondary N) is 2. The first-order valence-corrected chi connectivity index (χ1v) is 7.89. The lowest BCUT2D eigenvalue weighted by atomic mass is 9.92. The monoisotopic (exact) mass is 265 g/mol. The molecular formula is C15H27N3O. The Balaban J connectivity index is 1.54. The summed E-state index contributed by atoms with van der Waals surface area (Å²) in [4.78, 5) is 14.8. The molecule has 2 aliphatic heterocycles. The van der Waals surface area contributed by atoms with E-state index in [9.17, 15) is 4.79 Å². The Bertz CT molecular complexity index is 346. The number of rotatable bonds is 2. The summed E-state index contributed by atoms with van der Waals surface area (Å²) >= 11 is 0. The van der Waals surface area contributed by atoms with Crippen molar-refractivity contribution in [2.24, 2.45) is 11.8 Å². The SMILES string of the molecule is CC1CC(NC(=O)C2NCC3CCCC32)CCN1C. The van der Waals surface area contributed by atoms with Crippen molar-refractivity contribution in [2.45, 2.75) is 57.2 Å². The van der Waals surface area contributed by atoms with Gasteiger partial charge in [-0.3, -0.25) is 4.79 Å². The van der Waals surface area contributed by atoms with Crippen molar-refractivity contribution in [3.05, 3.63) is 0 Å². The largest absolute Gasteiger partial charge is 0.352 e. The summed E-state index contributed by atoms with van der Waals surface area (Å²) in [6.07, 6.45) is 6.04. The Labute approximate surface area is 116 Å². The molecule has 0 spiro atoms. The summed E-state index contributed by atoms with van der Waals surface area (Å²) in [5, 5.41) is 6.74. The normalized spacial score (nSPS) is 43.2. The molecule has 0 radical (unpaired) electrons. The Morgan fingerprint density at radius 1 is 1.32 bits per heavy atom. The van der Waals surface area contributed by atoms with Crippen LogP contribution in [0.2, 0.25) is 0 Å². The number of hydrogen-bond acceptors (Lipinski definition) is 3. The van der Waals surface area contributed by atoms with Crippen molar-refractivity contribution < 1.29 is 4.79 Å². The van der Waals surface area contributed by atoms with Gasteiger partial charge in [0.05, 0.1) is 6.04 Å². The number of piperidine rings is 1. The molecule has 5 atom stereocenters. The van der Waals surface area contributed by atoms with Gasteiger partial charge in [-0.1, -0.05) is 6.42 Å². The highest BCUT2D eigenvalue weighted by atomic mass is 16.2. The number of nitrogens with zero attached hydrogens (tertiary/aromatic N) is 1. The molecular weight excluding hydrogens is 238 g/mol. The smallest absolute Gasteiger partial charge is 0.237 e. The Kier molecular flexibility index (Phi) is 3.81. The number of carbonyl (C=O) groups excluding carboxylic acids is 1. The highest BCUT2D eigenvalue weighted by Gasteiger charge is 2.42. The van der Waals surface area contributed by atoms with Gasteiger partial charge >= 0.3 is 0 Å². The van der Waals surface area contributed by atoms with Crippen LogP contribution in [0.3, 0.4) is 0 Å². The molecule has 1 aliphatic carbocycles. The van der Waals surface area contributed by atoms with Gasteiger partial charge in [-0.2, -0.15) is 0 Å². The lowest BCUT2D eigenvalue weighted by Gasteiger charge is -2.36. The number of likely N-dealkylation sites (tertiary alicyclic amines) is 1. The molecule has 3 aliphatic rings. The van der Waals surface area contributed by atoms with Crippen LogP contribution in [0.4, 0.5) is 0 Å². The molecule has 19 heavy (non-hydrogen) atoms. The summed E-state index contributed by atoms with van der Waals surface area (Å²) in [6, 6.07) is 1.04. The van der Waals surface area contributed by atoms with E-state index in [-0.39, 0.29) is 11.9 Å². The zero-order valence-electron chi connectivity index (χ0n) is 12.2. The fraction of sp³-hybridized carbons (Fsp3) is 0.933. The van der Waals surface area contributed by atoms with Crippen molar-refractivity contribution in [1.29, 1.82) is 0 Å². The van der Waals surface area contributed by atoms with E-state index in [1.807, 2.05) is 0 Å². The predicted molar refractivity (Wildman–Crippen MR) is 75.9 cm³/mol. The molecule has 0 bridgehead atoms. The average Bonchev–Trinajstić information content (AvgIpc) is 2.95. The van der Waals surface area contributed by atoms with Crippen LogP contribution in [-0.4, -0.2) is 49.1 Å². The second-order valence-electron chi connectivity index (χ2n) is 6.80. The Hall–Kier alpha value is -0.610. The molecule has 0 aromatic carbocycles. The minimum Gasteiger partial charge on any atom is -0.352 e. The number of carbonyl (C=O) groups is 1. The van der Waals surface area contributed by atoms with Crippen LogP contribution in [0.1, 0.15) is 39.0 Å². The highest BCUT2D eigenvalue weighted by molar-refractivity contribution is 5.82. The van der Waals surface area contributed by atoms with Gasteiger partial charge in [-0.25, -0.2) is 0 Å². The molecule has 3 fully saturated rings. The lowest BCUT2D eigenvalue weighted by molar-refractivity contribution is -0.124. The quantitative estimate of drug-likeness (QED) is 0.782. The van der Waals surface area contributed by atoms with Gasteiger partial charge in [-0.15, -0.1) is 0 Å². The number of hydrogen-bond donors (Lipinski definition) is 2. The third kappa shape index (κ3) is 2.65. The number of fused-ring (bicyclic) bond motifs is 1. The molecule has 3 rings (SSSR count). The summed E-state index contributed by atoms with van der Waals surface area (Å²) < 4.78 is 0. The van der Waals surface area contributed by atoms with Crippen molar-refractivity contribution in [3.8, 4) is 0 Å². The zero-order chi connectivity index (χ0) is 13.4. The maximum atomic E-state index is 12.5. The second kappa shape index (κ2) is 5.41. The first-order chi connectivity index (χ1) is 9.15. The van der Waals surface area contributed by atoms with Gasteiger partial charge < -0.3 is 15.5 Å². The predicted octanol–water partition coefficient (Wildman–Crippen LogP) is 0.973. The van der Waals surface area contributed by atoms with E-state index in [0.717, 1.165) is 31.8 Å². The first-order valence-electron chi connectivity index (χ1n) is 7.89.